The monoisotopic (exact) mass is 425 g/mol. The summed E-state index contributed by atoms with van der Waals surface area (Å²) in [5.74, 6) is 2.59. The summed E-state index contributed by atoms with van der Waals surface area (Å²) in [4.78, 5) is 2.76. The van der Waals surface area contributed by atoms with Crippen LogP contribution >= 0.6 is 0 Å². The first-order chi connectivity index (χ1) is 14.9. The molecule has 0 aromatic rings. The van der Waals surface area contributed by atoms with Crippen molar-refractivity contribution in [2.75, 3.05) is 59.4 Å². The van der Waals surface area contributed by atoms with Gasteiger partial charge in [0.25, 0.3) is 0 Å². The van der Waals surface area contributed by atoms with Crippen LogP contribution in [0.15, 0.2) is 5.11 Å². The summed E-state index contributed by atoms with van der Waals surface area (Å²) in [5, 5.41) is 3.55. The number of terminal acetylenes is 1. The maximum atomic E-state index is 8.19. The molecule has 0 atom stereocenters. The molecule has 174 valence electrons. The Labute approximate surface area is 183 Å². The minimum absolute atomic E-state index is 0.587. The first-order valence-corrected chi connectivity index (χ1v) is 11.7. The molecule has 0 saturated carbocycles. The molecule has 0 aromatic carbocycles. The second-order valence-electron chi connectivity index (χ2n) is 7.25. The fourth-order valence-corrected chi connectivity index (χ4v) is 2.88. The minimum Gasteiger partial charge on any atom is -0.379 e. The molecule has 0 aliphatic heterocycles. The second-order valence-corrected chi connectivity index (χ2v) is 7.25. The molecule has 0 N–H and O–H groups in total. The maximum absolute atomic E-state index is 8.19. The van der Waals surface area contributed by atoms with E-state index in [-0.39, 0.29) is 0 Å². The van der Waals surface area contributed by atoms with Crippen LogP contribution in [0.5, 0.6) is 0 Å². The van der Waals surface area contributed by atoms with Crippen LogP contribution < -0.4 is 0 Å². The molecular weight excluding hydrogens is 382 g/mol. The van der Waals surface area contributed by atoms with E-state index in [2.05, 4.69) is 15.9 Å². The van der Waals surface area contributed by atoms with Crippen molar-refractivity contribution in [3.8, 4) is 12.3 Å². The van der Waals surface area contributed by atoms with Gasteiger partial charge in [-0.2, -0.15) is 0 Å². The molecule has 0 heterocycles. The van der Waals surface area contributed by atoms with E-state index in [4.69, 9.17) is 30.9 Å². The van der Waals surface area contributed by atoms with Crippen molar-refractivity contribution in [2.24, 2.45) is 5.11 Å². The van der Waals surface area contributed by atoms with Crippen LogP contribution in [0.2, 0.25) is 0 Å². The molecule has 0 aromatic heterocycles. The molecule has 30 heavy (non-hydrogen) atoms. The van der Waals surface area contributed by atoms with E-state index < -0.39 is 0 Å². The Morgan fingerprint density at radius 3 is 1.43 bits per heavy atom. The fourth-order valence-electron chi connectivity index (χ4n) is 2.88. The van der Waals surface area contributed by atoms with Crippen LogP contribution in [-0.2, 0) is 18.9 Å². The van der Waals surface area contributed by atoms with Crippen molar-refractivity contribution in [3.05, 3.63) is 10.4 Å². The number of hydrogen-bond acceptors (Lipinski definition) is 5. The van der Waals surface area contributed by atoms with E-state index in [1.165, 1.54) is 51.4 Å². The number of rotatable bonds is 25. The van der Waals surface area contributed by atoms with Crippen LogP contribution in [0, 0.1) is 12.3 Å². The number of azide groups is 1. The third-order valence-corrected chi connectivity index (χ3v) is 4.59. The lowest BCUT2D eigenvalue weighted by Crippen LogP contribution is -2.12. The molecular formula is C23H43N3O4. The van der Waals surface area contributed by atoms with Gasteiger partial charge >= 0.3 is 0 Å². The summed E-state index contributed by atoms with van der Waals surface area (Å²) in [5.41, 5.74) is 8.19. The summed E-state index contributed by atoms with van der Waals surface area (Å²) in [7, 11) is 0. The van der Waals surface area contributed by atoms with Crippen LogP contribution in [0.25, 0.3) is 10.4 Å². The zero-order chi connectivity index (χ0) is 21.8. The van der Waals surface area contributed by atoms with E-state index in [9.17, 15) is 0 Å². The summed E-state index contributed by atoms with van der Waals surface area (Å²) >= 11 is 0. The lowest BCUT2D eigenvalue weighted by Gasteiger charge is -2.07. The van der Waals surface area contributed by atoms with E-state index in [1.54, 1.807) is 0 Å². The molecule has 0 saturated heterocycles. The Morgan fingerprint density at radius 1 is 0.567 bits per heavy atom. The van der Waals surface area contributed by atoms with Gasteiger partial charge in [-0.3, -0.25) is 0 Å². The van der Waals surface area contributed by atoms with Gasteiger partial charge in [0.15, 0.2) is 0 Å². The van der Waals surface area contributed by atoms with Gasteiger partial charge in [0.05, 0.1) is 39.6 Å². The molecule has 7 nitrogen and oxygen atoms in total. The quantitative estimate of drug-likeness (QED) is 0.0619. The van der Waals surface area contributed by atoms with Gasteiger partial charge in [-0.25, -0.2) is 0 Å². The minimum atomic E-state index is 0.587. The van der Waals surface area contributed by atoms with Crippen LogP contribution in [-0.4, -0.2) is 59.4 Å². The third-order valence-electron chi connectivity index (χ3n) is 4.59. The summed E-state index contributed by atoms with van der Waals surface area (Å²) in [6.45, 7) is 5.81. The van der Waals surface area contributed by atoms with Gasteiger partial charge in [-0.1, -0.05) is 56.5 Å². The van der Waals surface area contributed by atoms with Crippen LogP contribution in [0.1, 0.15) is 77.0 Å². The second kappa shape index (κ2) is 27.7. The highest BCUT2D eigenvalue weighted by atomic mass is 16.6. The molecule has 0 amide bonds. The van der Waals surface area contributed by atoms with Gasteiger partial charge in [-0.05, 0) is 24.8 Å². The molecule has 0 aliphatic carbocycles. The summed E-state index contributed by atoms with van der Waals surface area (Å²) in [6, 6.07) is 0. The Kier molecular flexibility index (Phi) is 26.5. The van der Waals surface area contributed by atoms with Crippen LogP contribution in [0.4, 0.5) is 0 Å². The van der Waals surface area contributed by atoms with Crippen molar-refractivity contribution in [1.82, 2.24) is 0 Å². The Hall–Kier alpha value is -1.29. The molecule has 0 unspecified atom stereocenters. The standard InChI is InChI=1S/C23H43N3O4/c1-2-3-13-16-27-18-20-29-22-23-30-21-19-28-17-14-11-9-7-5-4-6-8-10-12-15-25-26-24/h1H,3-23H2. The normalized spacial score (nSPS) is 10.6. The zero-order valence-electron chi connectivity index (χ0n) is 18.9. The van der Waals surface area contributed by atoms with Crippen LogP contribution in [0.3, 0.4) is 0 Å². The smallest absolute Gasteiger partial charge is 0.0701 e. The highest BCUT2D eigenvalue weighted by Gasteiger charge is 1.95. The number of ether oxygens (including phenoxy) is 4. The molecule has 0 spiro atoms. The Morgan fingerprint density at radius 2 is 0.967 bits per heavy atom. The molecule has 0 bridgehead atoms. The van der Waals surface area contributed by atoms with Crippen molar-refractivity contribution in [3.63, 3.8) is 0 Å². The fraction of sp³-hybridized carbons (Fsp3) is 0.913. The van der Waals surface area contributed by atoms with E-state index in [0.29, 0.717) is 52.8 Å². The largest absolute Gasteiger partial charge is 0.379 e. The van der Waals surface area contributed by atoms with E-state index in [0.717, 1.165) is 32.3 Å². The third kappa shape index (κ3) is 26.7. The van der Waals surface area contributed by atoms with Gasteiger partial charge in [-0.15, -0.1) is 12.3 Å². The van der Waals surface area contributed by atoms with Gasteiger partial charge in [0.2, 0.25) is 0 Å². The SMILES string of the molecule is C#CCCCOCCOCCOCCOCCCCCCCCCCCCN=[N+]=[N-]. The maximum Gasteiger partial charge on any atom is 0.0701 e. The highest BCUT2D eigenvalue weighted by Crippen LogP contribution is 2.10. The number of nitrogens with zero attached hydrogens (tertiary/aromatic N) is 3. The number of hydrogen-bond donors (Lipinski definition) is 0. The molecule has 7 heteroatoms. The lowest BCUT2D eigenvalue weighted by molar-refractivity contribution is -0.00225. The van der Waals surface area contributed by atoms with Crippen molar-refractivity contribution in [1.29, 1.82) is 0 Å². The number of unbranched alkanes of at least 4 members (excludes halogenated alkanes) is 10. The Bertz CT molecular complexity index is 423. The summed E-state index contributed by atoms with van der Waals surface area (Å²) in [6.07, 6.45) is 19.2. The van der Waals surface area contributed by atoms with E-state index in [1.807, 2.05) is 0 Å². The first kappa shape index (κ1) is 28.7. The highest BCUT2D eigenvalue weighted by molar-refractivity contribution is 4.82. The van der Waals surface area contributed by atoms with Gasteiger partial charge < -0.3 is 18.9 Å². The Balaban J connectivity index is 3.00. The predicted octanol–water partition coefficient (Wildman–Crippen LogP) is 5.68. The molecule has 0 fully saturated rings. The average Bonchev–Trinajstić information content (AvgIpc) is 2.76. The van der Waals surface area contributed by atoms with Gasteiger partial charge in [0, 0.05) is 31.1 Å². The molecule has 0 aliphatic rings. The first-order valence-electron chi connectivity index (χ1n) is 11.7. The topological polar surface area (TPSA) is 85.7 Å². The van der Waals surface area contributed by atoms with E-state index >= 15 is 0 Å². The van der Waals surface area contributed by atoms with Crippen molar-refractivity contribution >= 4 is 0 Å². The molecule has 0 rings (SSSR count). The van der Waals surface area contributed by atoms with Crippen molar-refractivity contribution < 1.29 is 18.9 Å². The predicted molar refractivity (Wildman–Crippen MR) is 122 cm³/mol. The zero-order valence-corrected chi connectivity index (χ0v) is 18.9. The lowest BCUT2D eigenvalue weighted by atomic mass is 10.1. The molecule has 0 radical (unpaired) electrons. The average molecular weight is 426 g/mol. The van der Waals surface area contributed by atoms with Crippen molar-refractivity contribution in [2.45, 2.75) is 77.0 Å². The summed E-state index contributed by atoms with van der Waals surface area (Å²) < 4.78 is 21.9. The van der Waals surface area contributed by atoms with Gasteiger partial charge in [0.1, 0.15) is 0 Å².